The number of hydrogen-bond acceptors (Lipinski definition) is 3. The number of halogens is 1. The van der Waals surface area contributed by atoms with Crippen molar-refractivity contribution in [2.75, 3.05) is 19.3 Å². The number of rotatable bonds is 8. The molecule has 0 aromatic heterocycles. The van der Waals surface area contributed by atoms with Gasteiger partial charge in [-0.25, -0.2) is 17.5 Å². The molecule has 27 heavy (non-hydrogen) atoms. The summed E-state index contributed by atoms with van der Waals surface area (Å²) in [6.45, 7) is 2.64. The fraction of sp³-hybridized carbons (Fsp3) is 0.316. The first-order chi connectivity index (χ1) is 12.9. The van der Waals surface area contributed by atoms with Gasteiger partial charge in [0.05, 0.1) is 5.75 Å². The summed E-state index contributed by atoms with van der Waals surface area (Å²) in [6.07, 6.45) is 0. The fourth-order valence-electron chi connectivity index (χ4n) is 2.39. The van der Waals surface area contributed by atoms with E-state index in [-0.39, 0.29) is 24.7 Å². The summed E-state index contributed by atoms with van der Waals surface area (Å²) < 4.78 is 40.0. The molecule has 0 aliphatic heterocycles. The maximum Gasteiger partial charge on any atom is 0.213 e. The van der Waals surface area contributed by atoms with Gasteiger partial charge < -0.3 is 10.6 Å². The summed E-state index contributed by atoms with van der Waals surface area (Å²) in [4.78, 5) is 4.06. The van der Waals surface area contributed by atoms with Gasteiger partial charge in [0.2, 0.25) is 10.0 Å². The van der Waals surface area contributed by atoms with Crippen molar-refractivity contribution in [1.82, 2.24) is 15.4 Å². The van der Waals surface area contributed by atoms with Crippen LogP contribution in [0.1, 0.15) is 16.7 Å². The Bertz CT molecular complexity index is 871. The van der Waals surface area contributed by atoms with Crippen molar-refractivity contribution < 1.29 is 12.8 Å². The molecule has 0 atom stereocenters. The molecule has 0 heterocycles. The molecule has 0 bridgehead atoms. The largest absolute Gasteiger partial charge is 0.355 e. The molecule has 3 N–H and O–H groups in total. The van der Waals surface area contributed by atoms with Gasteiger partial charge in [0.25, 0.3) is 0 Å². The lowest BCUT2D eigenvalue weighted by Crippen LogP contribution is -2.40. The molecule has 0 radical (unpaired) electrons. The Morgan fingerprint density at radius 3 is 2.44 bits per heavy atom. The van der Waals surface area contributed by atoms with Crippen molar-refractivity contribution in [2.45, 2.75) is 20.0 Å². The van der Waals surface area contributed by atoms with Crippen LogP contribution in [0.25, 0.3) is 0 Å². The summed E-state index contributed by atoms with van der Waals surface area (Å²) in [6, 6.07) is 14.2. The number of aliphatic imine (C=N–C) groups is 1. The molecule has 0 saturated heterocycles. The van der Waals surface area contributed by atoms with Crippen molar-refractivity contribution in [3.05, 3.63) is 71.0 Å². The van der Waals surface area contributed by atoms with E-state index in [9.17, 15) is 12.8 Å². The molecule has 0 aliphatic rings. The van der Waals surface area contributed by atoms with Gasteiger partial charge in [-0.15, -0.1) is 0 Å². The average molecular weight is 393 g/mol. The first kappa shape index (κ1) is 20.9. The minimum absolute atomic E-state index is 0.0732. The van der Waals surface area contributed by atoms with E-state index in [1.807, 2.05) is 30.3 Å². The number of guanidine groups is 1. The average Bonchev–Trinajstić information content (AvgIpc) is 2.66. The normalized spacial score (nSPS) is 12.0. The second-order valence-corrected chi connectivity index (χ2v) is 7.99. The quantitative estimate of drug-likeness (QED) is 0.474. The number of nitrogens with one attached hydrogen (secondary N) is 3. The number of aryl methyl sites for hydroxylation is 1. The van der Waals surface area contributed by atoms with Gasteiger partial charge in [0.1, 0.15) is 5.82 Å². The smallest absolute Gasteiger partial charge is 0.213 e. The first-order valence-electron chi connectivity index (χ1n) is 8.60. The summed E-state index contributed by atoms with van der Waals surface area (Å²) in [5.41, 5.74) is 2.39. The van der Waals surface area contributed by atoms with Gasteiger partial charge in [-0.1, -0.05) is 42.5 Å². The SMILES string of the molecule is CN=C(NCCS(=O)(=O)NCc1ccccc1)NCc1ccc(F)c(C)c1. The third-order valence-corrected chi connectivity index (χ3v) is 5.23. The Kier molecular flexibility index (Phi) is 7.75. The molecule has 0 spiro atoms. The highest BCUT2D eigenvalue weighted by molar-refractivity contribution is 7.89. The van der Waals surface area contributed by atoms with Crippen LogP contribution >= 0.6 is 0 Å². The van der Waals surface area contributed by atoms with Gasteiger partial charge in [-0.05, 0) is 29.7 Å². The van der Waals surface area contributed by atoms with Gasteiger partial charge in [-0.3, -0.25) is 4.99 Å². The Labute approximate surface area is 160 Å². The third kappa shape index (κ3) is 7.36. The predicted octanol–water partition coefficient (Wildman–Crippen LogP) is 1.92. The first-order valence-corrected chi connectivity index (χ1v) is 10.3. The van der Waals surface area contributed by atoms with Gasteiger partial charge in [-0.2, -0.15) is 0 Å². The Morgan fingerprint density at radius 2 is 1.78 bits per heavy atom. The third-order valence-electron chi connectivity index (χ3n) is 3.91. The van der Waals surface area contributed by atoms with E-state index >= 15 is 0 Å². The maximum absolute atomic E-state index is 13.3. The van der Waals surface area contributed by atoms with E-state index in [4.69, 9.17) is 0 Å². The van der Waals surface area contributed by atoms with Crippen molar-refractivity contribution in [3.63, 3.8) is 0 Å². The molecule has 0 fully saturated rings. The van der Waals surface area contributed by atoms with Crippen LogP contribution in [-0.2, 0) is 23.1 Å². The molecule has 146 valence electrons. The van der Waals surface area contributed by atoms with Gasteiger partial charge >= 0.3 is 0 Å². The highest BCUT2D eigenvalue weighted by Crippen LogP contribution is 2.08. The van der Waals surface area contributed by atoms with Crippen molar-refractivity contribution >= 4 is 16.0 Å². The minimum atomic E-state index is -3.40. The van der Waals surface area contributed by atoms with E-state index in [1.165, 1.54) is 6.07 Å². The van der Waals surface area contributed by atoms with Gasteiger partial charge in [0.15, 0.2) is 5.96 Å². The molecule has 8 heteroatoms. The van der Waals surface area contributed by atoms with E-state index in [0.29, 0.717) is 18.1 Å². The number of hydrogen-bond donors (Lipinski definition) is 3. The second-order valence-electron chi connectivity index (χ2n) is 6.06. The Balaban J connectivity index is 1.75. The molecule has 0 unspecified atom stereocenters. The molecule has 2 aromatic rings. The number of nitrogens with zero attached hydrogens (tertiary/aromatic N) is 1. The highest BCUT2D eigenvalue weighted by Gasteiger charge is 2.10. The number of benzene rings is 2. The Morgan fingerprint density at radius 1 is 1.04 bits per heavy atom. The van der Waals surface area contributed by atoms with E-state index < -0.39 is 10.0 Å². The van der Waals surface area contributed by atoms with E-state index in [2.05, 4.69) is 20.3 Å². The van der Waals surface area contributed by atoms with Gasteiger partial charge in [0, 0.05) is 26.7 Å². The lowest BCUT2D eigenvalue weighted by Gasteiger charge is -2.13. The van der Waals surface area contributed by atoms with Crippen LogP contribution in [0.15, 0.2) is 53.5 Å². The highest BCUT2D eigenvalue weighted by atomic mass is 32.2. The Hall–Kier alpha value is -2.45. The van der Waals surface area contributed by atoms with Crippen molar-refractivity contribution in [2.24, 2.45) is 4.99 Å². The van der Waals surface area contributed by atoms with Crippen molar-refractivity contribution in [1.29, 1.82) is 0 Å². The predicted molar refractivity (Wildman–Crippen MR) is 106 cm³/mol. The number of sulfonamides is 1. The topological polar surface area (TPSA) is 82.6 Å². The van der Waals surface area contributed by atoms with Crippen LogP contribution < -0.4 is 15.4 Å². The maximum atomic E-state index is 13.3. The molecule has 2 rings (SSSR count). The zero-order chi connectivity index (χ0) is 19.7. The van der Waals surface area contributed by atoms with E-state index in [0.717, 1.165) is 11.1 Å². The lowest BCUT2D eigenvalue weighted by molar-refractivity contribution is 0.580. The zero-order valence-corrected chi connectivity index (χ0v) is 16.3. The zero-order valence-electron chi connectivity index (χ0n) is 15.5. The summed E-state index contributed by atoms with van der Waals surface area (Å²) in [5, 5.41) is 6.04. The molecule has 0 aliphatic carbocycles. The van der Waals surface area contributed by atoms with E-state index in [1.54, 1.807) is 26.1 Å². The summed E-state index contributed by atoms with van der Waals surface area (Å²) >= 11 is 0. The second kappa shape index (κ2) is 10.0. The van der Waals surface area contributed by atoms with Crippen LogP contribution in [-0.4, -0.2) is 33.7 Å². The van der Waals surface area contributed by atoms with Crippen LogP contribution in [0, 0.1) is 12.7 Å². The molecular formula is C19H25FN4O2S. The van der Waals surface area contributed by atoms with Crippen molar-refractivity contribution in [3.8, 4) is 0 Å². The van der Waals surface area contributed by atoms with Crippen LogP contribution in [0.5, 0.6) is 0 Å². The van der Waals surface area contributed by atoms with Crippen LogP contribution in [0.2, 0.25) is 0 Å². The minimum Gasteiger partial charge on any atom is -0.355 e. The fourth-order valence-corrected chi connectivity index (χ4v) is 3.29. The van der Waals surface area contributed by atoms with Crippen LogP contribution in [0.4, 0.5) is 4.39 Å². The summed E-state index contributed by atoms with van der Waals surface area (Å²) in [7, 11) is -1.79. The standard InChI is InChI=1S/C19H25FN4O2S/c1-15-12-17(8-9-18(15)20)13-23-19(21-2)22-10-11-27(25,26)24-14-16-6-4-3-5-7-16/h3-9,12,24H,10-11,13-14H2,1-2H3,(H2,21,22,23). The molecule has 6 nitrogen and oxygen atoms in total. The molecule has 2 aromatic carbocycles. The molecule has 0 amide bonds. The molecular weight excluding hydrogens is 367 g/mol. The lowest BCUT2D eigenvalue weighted by atomic mass is 10.1. The molecule has 0 saturated carbocycles. The van der Waals surface area contributed by atoms with Crippen LogP contribution in [0.3, 0.4) is 0 Å². The monoisotopic (exact) mass is 392 g/mol. The summed E-state index contributed by atoms with van der Waals surface area (Å²) in [5.74, 6) is 0.167.